The highest BCUT2D eigenvalue weighted by Gasteiger charge is 2.64. The van der Waals surface area contributed by atoms with Gasteiger partial charge in [0.15, 0.2) is 5.41 Å². The van der Waals surface area contributed by atoms with E-state index in [4.69, 9.17) is 14.6 Å². The molecule has 1 N–H and O–H groups in total. The van der Waals surface area contributed by atoms with Crippen molar-refractivity contribution in [2.24, 2.45) is 5.41 Å². The summed E-state index contributed by atoms with van der Waals surface area (Å²) in [6.45, 7) is -1.09. The zero-order valence-electron chi connectivity index (χ0n) is 14.4. The summed E-state index contributed by atoms with van der Waals surface area (Å²) >= 11 is 0. The molecule has 0 saturated carbocycles. The van der Waals surface area contributed by atoms with Crippen LogP contribution in [0.2, 0.25) is 0 Å². The molecule has 1 aliphatic heterocycles. The van der Waals surface area contributed by atoms with Crippen LogP contribution in [0.5, 0.6) is 11.5 Å². The zero-order valence-corrected chi connectivity index (χ0v) is 14.4. The van der Waals surface area contributed by atoms with Crippen molar-refractivity contribution in [2.45, 2.75) is 25.4 Å². The quantitative estimate of drug-likeness (QED) is 0.827. The molecule has 0 aromatic heterocycles. The topological polar surface area (TPSA) is 76.1 Å². The normalized spacial score (nSPS) is 20.1. The van der Waals surface area contributed by atoms with Crippen molar-refractivity contribution in [3.05, 3.63) is 23.8 Å². The number of methoxy groups -OCH3 is 2. The van der Waals surface area contributed by atoms with E-state index in [1.807, 2.05) is 0 Å². The maximum atomic E-state index is 13.2. The number of carbonyl (C=O) groups is 2. The predicted molar refractivity (Wildman–Crippen MR) is 85.2 cm³/mol. The summed E-state index contributed by atoms with van der Waals surface area (Å²) in [4.78, 5) is 24.4. The predicted octanol–water partition coefficient (Wildman–Crippen LogP) is 2.50. The van der Waals surface area contributed by atoms with Gasteiger partial charge in [0.25, 0.3) is 0 Å². The molecule has 1 aromatic carbocycles. The maximum Gasteiger partial charge on any atom is 0.406 e. The maximum absolute atomic E-state index is 13.2. The fourth-order valence-corrected chi connectivity index (χ4v) is 2.97. The summed E-state index contributed by atoms with van der Waals surface area (Å²) in [5.41, 5.74) is -2.16. The SMILES string of the molecule is COc1cc(CCC(=O)N2CCC(C(=O)O)(C(F)(F)F)C2)cc(OC)c1. The van der Waals surface area contributed by atoms with Gasteiger partial charge >= 0.3 is 12.1 Å². The second kappa shape index (κ2) is 7.43. The lowest BCUT2D eigenvalue weighted by Gasteiger charge is -2.27. The molecule has 0 spiro atoms. The van der Waals surface area contributed by atoms with Crippen LogP contribution >= 0.6 is 0 Å². The Bertz CT molecular complexity index is 669. The van der Waals surface area contributed by atoms with E-state index in [2.05, 4.69) is 0 Å². The van der Waals surface area contributed by atoms with Gasteiger partial charge in [0.2, 0.25) is 5.91 Å². The molecule has 2 rings (SSSR count). The summed E-state index contributed by atoms with van der Waals surface area (Å²) in [6, 6.07) is 5.07. The molecular formula is C17H20F3NO5. The number of hydrogen-bond acceptors (Lipinski definition) is 4. The summed E-state index contributed by atoms with van der Waals surface area (Å²) in [5, 5.41) is 9.04. The lowest BCUT2D eigenvalue weighted by atomic mass is 9.86. The van der Waals surface area contributed by atoms with Crippen LogP contribution in [0.4, 0.5) is 13.2 Å². The average Bonchev–Trinajstić information content (AvgIpc) is 3.06. The van der Waals surface area contributed by atoms with Crippen molar-refractivity contribution in [1.29, 1.82) is 0 Å². The number of ether oxygens (including phenoxy) is 2. The van der Waals surface area contributed by atoms with Gasteiger partial charge in [0.1, 0.15) is 11.5 Å². The number of carboxylic acid groups (broad SMARTS) is 1. The molecule has 1 unspecified atom stereocenters. The first-order valence-electron chi connectivity index (χ1n) is 7.93. The first-order valence-corrected chi connectivity index (χ1v) is 7.93. The zero-order chi connectivity index (χ0) is 19.5. The Hall–Kier alpha value is -2.45. The minimum Gasteiger partial charge on any atom is -0.497 e. The first kappa shape index (κ1) is 19.9. The number of amides is 1. The van der Waals surface area contributed by atoms with Crippen LogP contribution in [0.25, 0.3) is 0 Å². The average molecular weight is 375 g/mol. The highest BCUT2D eigenvalue weighted by molar-refractivity contribution is 5.81. The Morgan fingerprint density at radius 3 is 2.19 bits per heavy atom. The fraction of sp³-hybridized carbons (Fsp3) is 0.529. The van der Waals surface area contributed by atoms with Gasteiger partial charge in [-0.3, -0.25) is 9.59 Å². The smallest absolute Gasteiger partial charge is 0.406 e. The monoisotopic (exact) mass is 375 g/mol. The van der Waals surface area contributed by atoms with E-state index in [1.54, 1.807) is 18.2 Å². The van der Waals surface area contributed by atoms with Crippen molar-refractivity contribution < 1.29 is 37.3 Å². The van der Waals surface area contributed by atoms with Gasteiger partial charge in [-0.05, 0) is 30.5 Å². The number of rotatable bonds is 6. The molecule has 1 atom stereocenters. The van der Waals surface area contributed by atoms with E-state index in [1.165, 1.54) is 14.2 Å². The highest BCUT2D eigenvalue weighted by atomic mass is 19.4. The largest absolute Gasteiger partial charge is 0.497 e. The number of benzene rings is 1. The van der Waals surface area contributed by atoms with Crippen molar-refractivity contribution >= 4 is 11.9 Å². The number of likely N-dealkylation sites (tertiary alicyclic amines) is 1. The van der Waals surface area contributed by atoms with Crippen LogP contribution in [-0.2, 0) is 16.0 Å². The summed E-state index contributed by atoms with van der Waals surface area (Å²) in [6.07, 6.45) is -5.31. The molecule has 1 fully saturated rings. The van der Waals surface area contributed by atoms with Gasteiger partial charge < -0.3 is 19.5 Å². The van der Waals surface area contributed by atoms with E-state index in [-0.39, 0.29) is 19.4 Å². The van der Waals surface area contributed by atoms with Gasteiger partial charge in [-0.1, -0.05) is 0 Å². The number of carbonyl (C=O) groups excluding carboxylic acids is 1. The van der Waals surface area contributed by atoms with Crippen LogP contribution in [0.3, 0.4) is 0 Å². The van der Waals surface area contributed by atoms with Crippen LogP contribution in [0.15, 0.2) is 18.2 Å². The second-order valence-corrected chi connectivity index (χ2v) is 6.17. The molecule has 1 aliphatic rings. The number of alkyl halides is 3. The molecule has 1 aromatic rings. The van der Waals surface area contributed by atoms with Crippen LogP contribution in [0.1, 0.15) is 18.4 Å². The molecule has 1 amide bonds. The minimum absolute atomic E-state index is 0.0378. The Kier molecular flexibility index (Phi) is 5.68. The minimum atomic E-state index is -4.91. The van der Waals surface area contributed by atoms with Gasteiger partial charge in [-0.15, -0.1) is 0 Å². The number of nitrogens with zero attached hydrogens (tertiary/aromatic N) is 1. The van der Waals surface area contributed by atoms with Crippen LogP contribution < -0.4 is 9.47 Å². The van der Waals surface area contributed by atoms with E-state index in [0.29, 0.717) is 11.5 Å². The number of halogens is 3. The van der Waals surface area contributed by atoms with Gasteiger partial charge in [0.05, 0.1) is 14.2 Å². The van der Waals surface area contributed by atoms with Crippen molar-refractivity contribution in [3.63, 3.8) is 0 Å². The summed E-state index contributed by atoms with van der Waals surface area (Å²) in [7, 11) is 2.97. The third kappa shape index (κ3) is 3.86. The number of aryl methyl sites for hydroxylation is 1. The summed E-state index contributed by atoms with van der Waals surface area (Å²) in [5.74, 6) is -1.39. The summed E-state index contributed by atoms with van der Waals surface area (Å²) < 4.78 is 49.8. The number of carboxylic acids is 1. The van der Waals surface area contributed by atoms with Crippen LogP contribution in [-0.4, -0.2) is 55.4 Å². The molecule has 0 bridgehead atoms. The molecule has 1 heterocycles. The van der Waals surface area contributed by atoms with Gasteiger partial charge in [-0.2, -0.15) is 13.2 Å². The molecule has 0 radical (unpaired) electrons. The van der Waals surface area contributed by atoms with Crippen LogP contribution in [0, 0.1) is 5.41 Å². The lowest BCUT2D eigenvalue weighted by molar-refractivity contribution is -0.227. The third-order valence-electron chi connectivity index (χ3n) is 4.61. The fourth-order valence-electron chi connectivity index (χ4n) is 2.97. The second-order valence-electron chi connectivity index (χ2n) is 6.17. The molecule has 26 heavy (non-hydrogen) atoms. The number of aliphatic carboxylic acids is 1. The van der Waals surface area contributed by atoms with E-state index < -0.39 is 36.4 Å². The van der Waals surface area contributed by atoms with E-state index in [9.17, 15) is 22.8 Å². The molecule has 1 saturated heterocycles. The van der Waals surface area contributed by atoms with Crippen molar-refractivity contribution in [1.82, 2.24) is 4.90 Å². The Labute approximate surface area is 148 Å². The Balaban J connectivity index is 2.05. The molecule has 0 aliphatic carbocycles. The molecule has 9 heteroatoms. The van der Waals surface area contributed by atoms with Gasteiger partial charge in [-0.25, -0.2) is 0 Å². The Morgan fingerprint density at radius 2 is 1.77 bits per heavy atom. The highest BCUT2D eigenvalue weighted by Crippen LogP contribution is 2.45. The molecule has 6 nitrogen and oxygen atoms in total. The van der Waals surface area contributed by atoms with E-state index in [0.717, 1.165) is 10.5 Å². The van der Waals surface area contributed by atoms with Crippen molar-refractivity contribution in [2.75, 3.05) is 27.3 Å². The lowest BCUT2D eigenvalue weighted by Crippen LogP contribution is -2.47. The van der Waals surface area contributed by atoms with E-state index >= 15 is 0 Å². The Morgan fingerprint density at radius 1 is 1.19 bits per heavy atom. The molecule has 144 valence electrons. The third-order valence-corrected chi connectivity index (χ3v) is 4.61. The number of hydrogen-bond donors (Lipinski definition) is 1. The van der Waals surface area contributed by atoms with Gasteiger partial charge in [0, 0.05) is 25.6 Å². The molecular weight excluding hydrogens is 355 g/mol. The first-order chi connectivity index (χ1) is 12.1. The van der Waals surface area contributed by atoms with Crippen molar-refractivity contribution in [3.8, 4) is 11.5 Å². The standard InChI is InChI=1S/C17H20F3NO5/c1-25-12-7-11(8-13(9-12)26-2)3-4-14(22)21-6-5-16(10-21,15(23)24)17(18,19)20/h7-9H,3-6,10H2,1-2H3,(H,23,24).